The van der Waals surface area contributed by atoms with Crippen LogP contribution in [0.25, 0.3) is 0 Å². The maximum Gasteiger partial charge on any atom is 0.0965 e. The third-order valence-electron chi connectivity index (χ3n) is 2.99. The Balaban J connectivity index is 1.97. The van der Waals surface area contributed by atoms with E-state index in [1.807, 2.05) is 48.5 Å². The number of pyridine rings is 1. The van der Waals surface area contributed by atoms with Gasteiger partial charge < -0.3 is 15.5 Å². The summed E-state index contributed by atoms with van der Waals surface area (Å²) in [6.45, 7) is 0.374. The monoisotopic (exact) mass is 258 g/mol. The van der Waals surface area contributed by atoms with E-state index >= 15 is 0 Å². The Bertz CT molecular complexity index is 476. The minimum atomic E-state index is -0.741. The van der Waals surface area contributed by atoms with Gasteiger partial charge in [-0.05, 0) is 17.7 Å². The van der Waals surface area contributed by atoms with Crippen LogP contribution in [0, 0.1) is 0 Å². The van der Waals surface area contributed by atoms with Crippen LogP contribution in [-0.4, -0.2) is 27.8 Å². The Morgan fingerprint density at radius 1 is 1.05 bits per heavy atom. The Kier molecular flexibility index (Phi) is 5.03. The first-order valence-electron chi connectivity index (χ1n) is 6.28. The Morgan fingerprint density at radius 3 is 2.42 bits per heavy atom. The third-order valence-corrected chi connectivity index (χ3v) is 2.99. The standard InChI is InChI=1S/C15H18N2O2/c18-11-14(15(19)12-6-2-1-3-7-12)17-10-13-8-4-5-9-16-13/h1-9,14-15,17-19H,10-11H2/t14-,15-/m0/s1. The lowest BCUT2D eigenvalue weighted by molar-refractivity contribution is 0.0890. The lowest BCUT2D eigenvalue weighted by atomic mass is 10.0. The molecule has 1 aromatic carbocycles. The van der Waals surface area contributed by atoms with Crippen molar-refractivity contribution in [3.05, 3.63) is 66.0 Å². The molecule has 19 heavy (non-hydrogen) atoms. The fraction of sp³-hybridized carbons (Fsp3) is 0.267. The van der Waals surface area contributed by atoms with Crippen molar-refractivity contribution >= 4 is 0 Å². The first-order valence-corrected chi connectivity index (χ1v) is 6.28. The van der Waals surface area contributed by atoms with E-state index in [4.69, 9.17) is 0 Å². The highest BCUT2D eigenvalue weighted by atomic mass is 16.3. The summed E-state index contributed by atoms with van der Waals surface area (Å²) in [5, 5.41) is 22.7. The molecule has 0 radical (unpaired) electrons. The van der Waals surface area contributed by atoms with Crippen LogP contribution in [0.4, 0.5) is 0 Å². The van der Waals surface area contributed by atoms with Crippen molar-refractivity contribution in [1.29, 1.82) is 0 Å². The Labute approximate surface area is 112 Å². The molecule has 0 saturated carbocycles. The van der Waals surface area contributed by atoms with Gasteiger partial charge in [-0.2, -0.15) is 0 Å². The molecule has 0 fully saturated rings. The van der Waals surface area contributed by atoms with E-state index in [-0.39, 0.29) is 6.61 Å². The van der Waals surface area contributed by atoms with Gasteiger partial charge in [0.15, 0.2) is 0 Å². The molecule has 0 aliphatic carbocycles. The largest absolute Gasteiger partial charge is 0.395 e. The smallest absolute Gasteiger partial charge is 0.0965 e. The van der Waals surface area contributed by atoms with E-state index in [1.54, 1.807) is 6.20 Å². The minimum absolute atomic E-state index is 0.136. The van der Waals surface area contributed by atoms with Gasteiger partial charge in [0, 0.05) is 12.7 Å². The van der Waals surface area contributed by atoms with Crippen molar-refractivity contribution in [3.63, 3.8) is 0 Å². The molecule has 2 rings (SSSR count). The van der Waals surface area contributed by atoms with Gasteiger partial charge in [-0.3, -0.25) is 4.98 Å². The van der Waals surface area contributed by atoms with E-state index in [1.165, 1.54) is 0 Å². The number of aliphatic hydroxyl groups is 2. The highest BCUT2D eigenvalue weighted by Gasteiger charge is 2.19. The summed E-state index contributed by atoms with van der Waals surface area (Å²) in [7, 11) is 0. The Hall–Kier alpha value is -1.75. The molecule has 0 unspecified atom stereocenters. The normalized spacial score (nSPS) is 14.0. The van der Waals surface area contributed by atoms with Crippen molar-refractivity contribution in [1.82, 2.24) is 10.3 Å². The van der Waals surface area contributed by atoms with Crippen molar-refractivity contribution in [2.24, 2.45) is 0 Å². The molecular weight excluding hydrogens is 240 g/mol. The van der Waals surface area contributed by atoms with Gasteiger partial charge in [-0.15, -0.1) is 0 Å². The molecule has 4 heteroatoms. The predicted octanol–water partition coefficient (Wildman–Crippen LogP) is 1.27. The number of benzene rings is 1. The van der Waals surface area contributed by atoms with Crippen LogP contribution in [0.3, 0.4) is 0 Å². The third kappa shape index (κ3) is 3.86. The second kappa shape index (κ2) is 6.99. The van der Waals surface area contributed by atoms with E-state index in [9.17, 15) is 10.2 Å². The lowest BCUT2D eigenvalue weighted by Gasteiger charge is -2.22. The van der Waals surface area contributed by atoms with Gasteiger partial charge in [0.2, 0.25) is 0 Å². The van der Waals surface area contributed by atoms with E-state index < -0.39 is 12.1 Å². The van der Waals surface area contributed by atoms with E-state index in [0.29, 0.717) is 6.54 Å². The molecule has 2 atom stereocenters. The zero-order valence-corrected chi connectivity index (χ0v) is 10.6. The second-order valence-corrected chi connectivity index (χ2v) is 4.35. The number of rotatable bonds is 6. The second-order valence-electron chi connectivity index (χ2n) is 4.35. The number of nitrogens with zero attached hydrogens (tertiary/aromatic N) is 1. The predicted molar refractivity (Wildman–Crippen MR) is 73.4 cm³/mol. The van der Waals surface area contributed by atoms with Crippen LogP contribution >= 0.6 is 0 Å². The molecule has 0 saturated heterocycles. The average Bonchev–Trinajstić information content (AvgIpc) is 2.49. The van der Waals surface area contributed by atoms with Crippen LogP contribution < -0.4 is 5.32 Å². The summed E-state index contributed by atoms with van der Waals surface area (Å²) in [6.07, 6.45) is 0.980. The number of hydrogen-bond donors (Lipinski definition) is 3. The topological polar surface area (TPSA) is 65.4 Å². The van der Waals surface area contributed by atoms with Gasteiger partial charge in [0.25, 0.3) is 0 Å². The van der Waals surface area contributed by atoms with E-state index in [2.05, 4.69) is 10.3 Å². The lowest BCUT2D eigenvalue weighted by Crippen LogP contribution is -2.37. The molecule has 3 N–H and O–H groups in total. The Morgan fingerprint density at radius 2 is 1.79 bits per heavy atom. The first-order chi connectivity index (χ1) is 9.31. The minimum Gasteiger partial charge on any atom is -0.395 e. The molecule has 0 aliphatic heterocycles. The fourth-order valence-corrected chi connectivity index (χ4v) is 1.90. The van der Waals surface area contributed by atoms with Gasteiger partial charge in [0.1, 0.15) is 0 Å². The van der Waals surface area contributed by atoms with Crippen LogP contribution in [0.1, 0.15) is 17.4 Å². The van der Waals surface area contributed by atoms with E-state index in [0.717, 1.165) is 11.3 Å². The zero-order chi connectivity index (χ0) is 13.5. The molecule has 0 bridgehead atoms. The summed E-state index contributed by atoms with van der Waals surface area (Å²) in [5.41, 5.74) is 1.66. The number of nitrogens with one attached hydrogen (secondary N) is 1. The maximum absolute atomic E-state index is 10.2. The summed E-state index contributed by atoms with van der Waals surface area (Å²) in [4.78, 5) is 4.19. The molecule has 0 aliphatic rings. The molecule has 1 aromatic heterocycles. The van der Waals surface area contributed by atoms with Gasteiger partial charge >= 0.3 is 0 Å². The van der Waals surface area contributed by atoms with Crippen molar-refractivity contribution in [3.8, 4) is 0 Å². The highest BCUT2D eigenvalue weighted by Crippen LogP contribution is 2.16. The van der Waals surface area contributed by atoms with Crippen LogP contribution in [0.2, 0.25) is 0 Å². The maximum atomic E-state index is 10.2. The average molecular weight is 258 g/mol. The van der Waals surface area contributed by atoms with Crippen molar-refractivity contribution < 1.29 is 10.2 Å². The summed E-state index contributed by atoms with van der Waals surface area (Å²) < 4.78 is 0. The number of aromatic nitrogens is 1. The molecular formula is C15H18N2O2. The first kappa shape index (κ1) is 13.7. The van der Waals surface area contributed by atoms with Gasteiger partial charge in [-0.25, -0.2) is 0 Å². The van der Waals surface area contributed by atoms with Crippen LogP contribution in [0.5, 0.6) is 0 Å². The fourth-order valence-electron chi connectivity index (χ4n) is 1.90. The molecule has 4 nitrogen and oxygen atoms in total. The summed E-state index contributed by atoms with van der Waals surface area (Å²) >= 11 is 0. The van der Waals surface area contributed by atoms with Gasteiger partial charge in [0.05, 0.1) is 24.4 Å². The molecule has 1 heterocycles. The van der Waals surface area contributed by atoms with Gasteiger partial charge in [-0.1, -0.05) is 36.4 Å². The van der Waals surface area contributed by atoms with Crippen molar-refractivity contribution in [2.45, 2.75) is 18.7 Å². The number of aliphatic hydroxyl groups excluding tert-OH is 2. The molecule has 0 spiro atoms. The summed E-state index contributed by atoms with van der Waals surface area (Å²) in [5.74, 6) is 0. The zero-order valence-electron chi connectivity index (χ0n) is 10.6. The van der Waals surface area contributed by atoms with Crippen molar-refractivity contribution in [2.75, 3.05) is 6.61 Å². The summed E-state index contributed by atoms with van der Waals surface area (Å²) in [6, 6.07) is 14.6. The number of hydrogen-bond acceptors (Lipinski definition) is 4. The highest BCUT2D eigenvalue weighted by molar-refractivity contribution is 5.19. The SMILES string of the molecule is OC[C@H](NCc1ccccn1)[C@@H](O)c1ccccc1. The van der Waals surface area contributed by atoms with Crippen LogP contribution in [-0.2, 0) is 6.54 Å². The molecule has 100 valence electrons. The quantitative estimate of drug-likeness (QED) is 0.730. The molecule has 0 amide bonds. The van der Waals surface area contributed by atoms with Crippen LogP contribution in [0.15, 0.2) is 54.7 Å². The molecule has 2 aromatic rings.